The highest BCUT2D eigenvalue weighted by Crippen LogP contribution is 2.32. The number of ether oxygens (including phenoxy) is 2. The van der Waals surface area contributed by atoms with Crippen molar-refractivity contribution in [1.82, 2.24) is 4.90 Å². The first-order chi connectivity index (χ1) is 11.5. The number of esters is 1. The number of carbonyl (C=O) groups excluding carboxylic acids is 3. The molecule has 0 aromatic heterocycles. The Bertz CT molecular complexity index is 601. The molecule has 1 fully saturated rings. The average Bonchev–Trinajstić information content (AvgIpc) is 2.61. The van der Waals surface area contributed by atoms with Crippen molar-refractivity contribution in [3.63, 3.8) is 0 Å². The maximum atomic E-state index is 12.3. The molecular formula is C18H23NO5. The van der Waals surface area contributed by atoms with Crippen molar-refractivity contribution in [1.29, 1.82) is 0 Å². The first kappa shape index (κ1) is 18.0. The van der Waals surface area contributed by atoms with Crippen molar-refractivity contribution in [3.8, 4) is 0 Å². The van der Waals surface area contributed by atoms with Gasteiger partial charge in [-0.2, -0.15) is 0 Å². The summed E-state index contributed by atoms with van der Waals surface area (Å²) in [6, 6.07) is 9.34. The molecule has 1 amide bonds. The van der Waals surface area contributed by atoms with Crippen LogP contribution in [0.1, 0.15) is 32.3 Å². The van der Waals surface area contributed by atoms with Crippen molar-refractivity contribution in [2.24, 2.45) is 5.41 Å². The number of benzene rings is 1. The van der Waals surface area contributed by atoms with Crippen molar-refractivity contribution < 1.29 is 23.9 Å². The molecule has 1 heterocycles. The van der Waals surface area contributed by atoms with Crippen LogP contribution in [0.25, 0.3) is 0 Å². The highest BCUT2D eigenvalue weighted by atomic mass is 16.6. The summed E-state index contributed by atoms with van der Waals surface area (Å²) in [6.45, 7) is 4.07. The Labute approximate surface area is 141 Å². The maximum absolute atomic E-state index is 12.3. The van der Waals surface area contributed by atoms with E-state index in [1.54, 1.807) is 13.8 Å². The van der Waals surface area contributed by atoms with E-state index >= 15 is 0 Å². The minimum Gasteiger partial charge on any atom is -0.465 e. The average molecular weight is 333 g/mol. The molecule has 24 heavy (non-hydrogen) atoms. The van der Waals surface area contributed by atoms with Gasteiger partial charge in [-0.05, 0) is 18.9 Å². The summed E-state index contributed by atoms with van der Waals surface area (Å²) in [7, 11) is 0. The summed E-state index contributed by atoms with van der Waals surface area (Å²) in [5.41, 5.74) is -0.397. The number of Topliss-reactive ketones (excluding diaryl/α,β-unsaturated/α-hetero) is 1. The van der Waals surface area contributed by atoms with Gasteiger partial charge in [-0.3, -0.25) is 9.59 Å². The zero-order valence-corrected chi connectivity index (χ0v) is 14.1. The standard InChI is InChI=1S/C18H23NO5/c1-3-18(16(21)23-4-2)13-19(11-10-15(18)20)17(22)24-12-14-8-6-5-7-9-14/h5-9H,3-4,10-13H2,1-2H3/t18-/m1/s1. The lowest BCUT2D eigenvalue weighted by Crippen LogP contribution is -2.55. The summed E-state index contributed by atoms with van der Waals surface area (Å²) in [5.74, 6) is -0.728. The lowest BCUT2D eigenvalue weighted by atomic mass is 9.76. The van der Waals surface area contributed by atoms with Gasteiger partial charge in [0.1, 0.15) is 12.0 Å². The number of amides is 1. The molecule has 1 aromatic rings. The van der Waals surface area contributed by atoms with E-state index in [9.17, 15) is 14.4 Å². The normalized spacial score (nSPS) is 20.6. The Morgan fingerprint density at radius 2 is 1.88 bits per heavy atom. The fraction of sp³-hybridized carbons (Fsp3) is 0.500. The molecule has 0 saturated carbocycles. The smallest absolute Gasteiger partial charge is 0.410 e. The van der Waals surface area contributed by atoms with Crippen LogP contribution in [0.5, 0.6) is 0 Å². The minimum absolute atomic E-state index is 0.00872. The molecule has 0 bridgehead atoms. The van der Waals surface area contributed by atoms with Gasteiger partial charge in [0.25, 0.3) is 0 Å². The van der Waals surface area contributed by atoms with Gasteiger partial charge in [-0.25, -0.2) is 4.79 Å². The number of likely N-dealkylation sites (tertiary alicyclic amines) is 1. The SMILES string of the molecule is CCOC(=O)[C@]1(CC)CN(C(=O)OCc2ccccc2)CCC1=O. The van der Waals surface area contributed by atoms with Crippen LogP contribution in [0.2, 0.25) is 0 Å². The Hall–Kier alpha value is -2.37. The second-order valence-corrected chi connectivity index (χ2v) is 5.79. The summed E-state index contributed by atoms with van der Waals surface area (Å²) < 4.78 is 10.4. The van der Waals surface area contributed by atoms with Gasteiger partial charge >= 0.3 is 12.1 Å². The molecule has 6 nitrogen and oxygen atoms in total. The quantitative estimate of drug-likeness (QED) is 0.611. The number of ketones is 1. The number of carbonyl (C=O) groups is 3. The Morgan fingerprint density at radius 1 is 1.17 bits per heavy atom. The van der Waals surface area contributed by atoms with Gasteiger partial charge < -0.3 is 14.4 Å². The van der Waals surface area contributed by atoms with Crippen LogP contribution >= 0.6 is 0 Å². The Morgan fingerprint density at radius 3 is 2.50 bits per heavy atom. The Balaban J connectivity index is 2.04. The summed E-state index contributed by atoms with van der Waals surface area (Å²) in [4.78, 5) is 38.3. The third kappa shape index (κ3) is 3.75. The van der Waals surface area contributed by atoms with Gasteiger partial charge in [0.2, 0.25) is 0 Å². The first-order valence-electron chi connectivity index (χ1n) is 8.19. The van der Waals surface area contributed by atoms with Crippen LogP contribution in [0.15, 0.2) is 30.3 Å². The zero-order valence-electron chi connectivity index (χ0n) is 14.1. The molecule has 0 radical (unpaired) electrons. The number of rotatable bonds is 5. The molecule has 130 valence electrons. The number of hydrogen-bond acceptors (Lipinski definition) is 5. The molecule has 1 aromatic carbocycles. The second kappa shape index (κ2) is 7.95. The van der Waals surface area contributed by atoms with Crippen LogP contribution in [0.4, 0.5) is 4.79 Å². The van der Waals surface area contributed by atoms with Gasteiger partial charge in [-0.15, -0.1) is 0 Å². The molecule has 1 atom stereocenters. The van der Waals surface area contributed by atoms with Crippen molar-refractivity contribution in [2.75, 3.05) is 19.7 Å². The lowest BCUT2D eigenvalue weighted by molar-refractivity contribution is -0.163. The molecule has 1 aliphatic heterocycles. The molecule has 2 rings (SSSR count). The molecule has 1 saturated heterocycles. The minimum atomic E-state index is -1.28. The van der Waals surface area contributed by atoms with Crippen molar-refractivity contribution >= 4 is 17.8 Å². The summed E-state index contributed by atoms with van der Waals surface area (Å²) in [6.07, 6.45) is -0.0892. The van der Waals surface area contributed by atoms with Crippen molar-refractivity contribution in [3.05, 3.63) is 35.9 Å². The van der Waals surface area contributed by atoms with Gasteiger partial charge in [-0.1, -0.05) is 37.3 Å². The third-order valence-corrected chi connectivity index (χ3v) is 4.34. The molecule has 1 aliphatic rings. The molecule has 0 N–H and O–H groups in total. The van der Waals surface area contributed by atoms with Gasteiger partial charge in [0.15, 0.2) is 5.78 Å². The van der Waals surface area contributed by atoms with Crippen LogP contribution in [0.3, 0.4) is 0 Å². The summed E-state index contributed by atoms with van der Waals surface area (Å²) in [5, 5.41) is 0. The Kier molecular flexibility index (Phi) is 5.95. The molecule has 0 unspecified atom stereocenters. The molecular weight excluding hydrogens is 310 g/mol. The number of hydrogen-bond donors (Lipinski definition) is 0. The number of piperidine rings is 1. The van der Waals surface area contributed by atoms with Gasteiger partial charge in [0, 0.05) is 19.5 Å². The van der Waals surface area contributed by atoms with E-state index in [2.05, 4.69) is 0 Å². The van der Waals surface area contributed by atoms with E-state index in [1.807, 2.05) is 30.3 Å². The van der Waals surface area contributed by atoms with E-state index in [1.165, 1.54) is 4.90 Å². The largest absolute Gasteiger partial charge is 0.465 e. The zero-order chi connectivity index (χ0) is 17.6. The topological polar surface area (TPSA) is 72.9 Å². The van der Waals surface area contributed by atoms with Crippen LogP contribution in [-0.2, 0) is 25.7 Å². The van der Waals surface area contributed by atoms with E-state index in [-0.39, 0.29) is 38.5 Å². The fourth-order valence-corrected chi connectivity index (χ4v) is 2.84. The maximum Gasteiger partial charge on any atom is 0.410 e. The first-order valence-corrected chi connectivity index (χ1v) is 8.19. The van der Waals surface area contributed by atoms with Crippen LogP contribution in [-0.4, -0.2) is 42.4 Å². The predicted octanol–water partition coefficient (Wildman–Crippen LogP) is 2.56. The van der Waals surface area contributed by atoms with E-state index in [0.29, 0.717) is 6.42 Å². The fourth-order valence-electron chi connectivity index (χ4n) is 2.84. The van der Waals surface area contributed by atoms with Crippen molar-refractivity contribution in [2.45, 2.75) is 33.3 Å². The molecule has 6 heteroatoms. The highest BCUT2D eigenvalue weighted by molar-refractivity contribution is 6.05. The summed E-state index contributed by atoms with van der Waals surface area (Å²) >= 11 is 0. The monoisotopic (exact) mass is 333 g/mol. The predicted molar refractivity (Wildman–Crippen MR) is 87.2 cm³/mol. The second-order valence-electron chi connectivity index (χ2n) is 5.79. The van der Waals surface area contributed by atoms with Crippen LogP contribution in [0, 0.1) is 5.41 Å². The van der Waals surface area contributed by atoms with E-state index < -0.39 is 17.5 Å². The van der Waals surface area contributed by atoms with E-state index in [4.69, 9.17) is 9.47 Å². The third-order valence-electron chi connectivity index (χ3n) is 4.34. The number of nitrogens with zero attached hydrogens (tertiary/aromatic N) is 1. The highest BCUT2D eigenvalue weighted by Gasteiger charge is 2.50. The molecule has 0 spiro atoms. The van der Waals surface area contributed by atoms with E-state index in [0.717, 1.165) is 5.56 Å². The lowest BCUT2D eigenvalue weighted by Gasteiger charge is -2.38. The van der Waals surface area contributed by atoms with Crippen LogP contribution < -0.4 is 0 Å². The molecule has 0 aliphatic carbocycles. The van der Waals surface area contributed by atoms with Gasteiger partial charge in [0.05, 0.1) is 6.61 Å².